The molecule has 3 aromatic rings. The van der Waals surface area contributed by atoms with Crippen molar-refractivity contribution in [1.29, 1.82) is 0 Å². The first kappa shape index (κ1) is 18.4. The average molecular weight is 367 g/mol. The predicted molar refractivity (Wildman–Crippen MR) is 102 cm³/mol. The first-order valence-corrected chi connectivity index (χ1v) is 8.43. The molecule has 8 nitrogen and oxygen atoms in total. The van der Waals surface area contributed by atoms with Crippen LogP contribution in [-0.4, -0.2) is 41.7 Å². The Kier molecular flexibility index (Phi) is 5.35. The van der Waals surface area contributed by atoms with Gasteiger partial charge < -0.3 is 9.47 Å². The molecular weight excluding hydrogens is 346 g/mol. The van der Waals surface area contributed by atoms with Crippen molar-refractivity contribution in [2.24, 2.45) is 4.99 Å². The van der Waals surface area contributed by atoms with E-state index in [9.17, 15) is 4.79 Å². The van der Waals surface area contributed by atoms with Gasteiger partial charge >= 0.3 is 0 Å². The molecule has 1 aromatic carbocycles. The van der Waals surface area contributed by atoms with Gasteiger partial charge in [-0.15, -0.1) is 0 Å². The van der Waals surface area contributed by atoms with Gasteiger partial charge in [0.15, 0.2) is 0 Å². The number of ether oxygens (including phenoxy) is 2. The zero-order valence-electron chi connectivity index (χ0n) is 15.7. The van der Waals surface area contributed by atoms with Gasteiger partial charge in [-0.05, 0) is 25.1 Å². The number of nitrogens with zero attached hydrogens (tertiary/aromatic N) is 4. The van der Waals surface area contributed by atoms with Crippen molar-refractivity contribution < 1.29 is 14.3 Å². The van der Waals surface area contributed by atoms with E-state index in [1.807, 2.05) is 17.6 Å². The lowest BCUT2D eigenvalue weighted by molar-refractivity contribution is 0.102. The number of aromatic nitrogens is 3. The molecule has 27 heavy (non-hydrogen) atoms. The molecule has 3 rings (SSSR count). The summed E-state index contributed by atoms with van der Waals surface area (Å²) in [6.45, 7) is 2.52. The van der Waals surface area contributed by atoms with Crippen LogP contribution in [0.15, 0.2) is 41.7 Å². The summed E-state index contributed by atoms with van der Waals surface area (Å²) in [6, 6.07) is 7.00. The Balaban J connectivity index is 2.22. The molecule has 8 heteroatoms. The van der Waals surface area contributed by atoms with Crippen LogP contribution in [0.1, 0.15) is 17.3 Å². The monoisotopic (exact) mass is 367 g/mol. The van der Waals surface area contributed by atoms with Crippen LogP contribution >= 0.6 is 0 Å². The van der Waals surface area contributed by atoms with Gasteiger partial charge in [0.2, 0.25) is 5.95 Å². The molecule has 0 radical (unpaired) electrons. The highest BCUT2D eigenvalue weighted by Gasteiger charge is 2.16. The van der Waals surface area contributed by atoms with Crippen molar-refractivity contribution in [2.45, 2.75) is 13.5 Å². The van der Waals surface area contributed by atoms with E-state index < -0.39 is 0 Å². The van der Waals surface area contributed by atoms with Gasteiger partial charge in [-0.3, -0.25) is 24.7 Å². The minimum Gasteiger partial charge on any atom is -0.497 e. The summed E-state index contributed by atoms with van der Waals surface area (Å²) < 4.78 is 12.7. The minimum atomic E-state index is -0.299. The first-order chi connectivity index (χ1) is 13.1. The second-order valence-corrected chi connectivity index (χ2v) is 5.65. The van der Waals surface area contributed by atoms with E-state index in [1.165, 1.54) is 6.20 Å². The summed E-state index contributed by atoms with van der Waals surface area (Å²) in [5.41, 5.74) is 1.70. The summed E-state index contributed by atoms with van der Waals surface area (Å²) >= 11 is 0. The number of rotatable bonds is 5. The highest BCUT2D eigenvalue weighted by Crippen LogP contribution is 2.29. The number of nitrogens with one attached hydrogen (secondary N) is 1. The van der Waals surface area contributed by atoms with Crippen LogP contribution < -0.4 is 20.3 Å². The second kappa shape index (κ2) is 7.86. The number of amides is 1. The van der Waals surface area contributed by atoms with E-state index in [1.54, 1.807) is 45.7 Å². The van der Waals surface area contributed by atoms with Crippen molar-refractivity contribution in [3.63, 3.8) is 0 Å². The van der Waals surface area contributed by atoms with Crippen molar-refractivity contribution >= 4 is 22.8 Å². The normalized spacial score (nSPS) is 11.5. The van der Waals surface area contributed by atoms with Gasteiger partial charge in [0, 0.05) is 32.1 Å². The molecule has 0 aliphatic carbocycles. The average Bonchev–Trinajstić information content (AvgIpc) is 2.72. The molecule has 1 amide bonds. The molecule has 2 heterocycles. The van der Waals surface area contributed by atoms with Gasteiger partial charge in [0.1, 0.15) is 22.5 Å². The first-order valence-electron chi connectivity index (χ1n) is 8.43. The fraction of sp³-hybridized carbons (Fsp3) is 0.263. The van der Waals surface area contributed by atoms with Crippen molar-refractivity contribution in [3.8, 4) is 11.5 Å². The van der Waals surface area contributed by atoms with E-state index in [-0.39, 0.29) is 5.91 Å². The van der Waals surface area contributed by atoms with Gasteiger partial charge in [-0.25, -0.2) is 4.98 Å². The zero-order chi connectivity index (χ0) is 19.4. The maximum Gasteiger partial charge on any atom is 0.259 e. The number of carbonyl (C=O) groups is 1. The summed E-state index contributed by atoms with van der Waals surface area (Å²) in [7, 11) is 4.85. The molecule has 2 aromatic heterocycles. The van der Waals surface area contributed by atoms with Crippen LogP contribution in [0.3, 0.4) is 0 Å². The van der Waals surface area contributed by atoms with Crippen LogP contribution in [0.4, 0.5) is 5.95 Å². The number of anilines is 1. The third-order valence-corrected chi connectivity index (χ3v) is 4.15. The van der Waals surface area contributed by atoms with Crippen LogP contribution in [0, 0.1) is 0 Å². The Labute approximate surface area is 156 Å². The fourth-order valence-electron chi connectivity index (χ4n) is 2.86. The van der Waals surface area contributed by atoms with Crippen molar-refractivity contribution in [1.82, 2.24) is 14.5 Å². The summed E-state index contributed by atoms with van der Waals surface area (Å²) in [5.74, 6) is 1.25. The lowest BCUT2D eigenvalue weighted by Crippen LogP contribution is -2.28. The van der Waals surface area contributed by atoms with Gasteiger partial charge in [-0.1, -0.05) is 0 Å². The van der Waals surface area contributed by atoms with Gasteiger partial charge in [0.25, 0.3) is 5.91 Å². The van der Waals surface area contributed by atoms with Crippen molar-refractivity contribution in [3.05, 3.63) is 47.7 Å². The molecule has 0 aliphatic heterocycles. The molecule has 0 bridgehead atoms. The van der Waals surface area contributed by atoms with Crippen LogP contribution in [0.5, 0.6) is 11.5 Å². The predicted octanol–water partition coefficient (Wildman–Crippen LogP) is 2.25. The third-order valence-electron chi connectivity index (χ3n) is 4.15. The number of methoxy groups -OCH3 is 2. The highest BCUT2D eigenvalue weighted by atomic mass is 16.5. The molecule has 0 unspecified atom stereocenters. The Bertz CT molecular complexity index is 1040. The van der Waals surface area contributed by atoms with E-state index in [2.05, 4.69) is 20.3 Å². The van der Waals surface area contributed by atoms with E-state index in [0.29, 0.717) is 40.6 Å². The highest BCUT2D eigenvalue weighted by molar-refractivity contribution is 6.03. The van der Waals surface area contributed by atoms with E-state index >= 15 is 0 Å². The van der Waals surface area contributed by atoms with E-state index in [0.717, 1.165) is 5.39 Å². The summed E-state index contributed by atoms with van der Waals surface area (Å²) in [6.07, 6.45) is 3.12. The summed E-state index contributed by atoms with van der Waals surface area (Å²) in [4.78, 5) is 25.6. The Morgan fingerprint density at radius 1 is 1.30 bits per heavy atom. The number of fused-ring (bicyclic) bond motifs is 1. The Hall–Kier alpha value is -3.42. The maximum atomic E-state index is 12.6. The second-order valence-electron chi connectivity index (χ2n) is 5.65. The van der Waals surface area contributed by atoms with Crippen molar-refractivity contribution in [2.75, 3.05) is 26.6 Å². The molecule has 0 spiro atoms. The topological polar surface area (TPSA) is 90.6 Å². The molecule has 0 atom stereocenters. The maximum absolute atomic E-state index is 12.6. The van der Waals surface area contributed by atoms with E-state index in [4.69, 9.17) is 9.47 Å². The Morgan fingerprint density at radius 2 is 2.11 bits per heavy atom. The van der Waals surface area contributed by atoms with Crippen LogP contribution in [-0.2, 0) is 6.54 Å². The lowest BCUT2D eigenvalue weighted by atomic mass is 10.2. The summed E-state index contributed by atoms with van der Waals surface area (Å²) in [5, 5.41) is 3.62. The smallest absolute Gasteiger partial charge is 0.259 e. The standard InChI is InChI=1S/C19H21N5O3/c1-5-24-17(20-2)14-9-13(26-3)10-15(27-4)16(14)22-19(24)23-18(25)12-7-6-8-21-11-12/h6-11H,5H2,1-4H3,(H,22,23,25)/b20-17-. The number of carbonyl (C=O) groups excluding carboxylic acids is 1. The molecule has 0 saturated heterocycles. The molecule has 140 valence electrons. The zero-order valence-corrected chi connectivity index (χ0v) is 15.7. The molecule has 1 N–H and O–H groups in total. The number of hydrogen-bond donors (Lipinski definition) is 1. The Morgan fingerprint density at radius 3 is 2.70 bits per heavy atom. The SMILES string of the molecule is CCn1c(NC(=O)c2cccnc2)nc2c(OC)cc(OC)cc2/c1=N/C. The molecule has 0 fully saturated rings. The van der Waals surface area contributed by atoms with Crippen LogP contribution in [0.25, 0.3) is 10.9 Å². The quantitative estimate of drug-likeness (QED) is 0.747. The fourth-order valence-corrected chi connectivity index (χ4v) is 2.86. The molecule has 0 saturated carbocycles. The minimum absolute atomic E-state index is 0.299. The molecule has 0 aliphatic rings. The lowest BCUT2D eigenvalue weighted by Gasteiger charge is -2.16. The number of pyridine rings is 1. The number of benzene rings is 1. The number of hydrogen-bond acceptors (Lipinski definition) is 6. The molecular formula is C19H21N5O3. The van der Waals surface area contributed by atoms with Gasteiger partial charge in [-0.2, -0.15) is 0 Å². The third kappa shape index (κ3) is 3.46. The van der Waals surface area contributed by atoms with Gasteiger partial charge in [0.05, 0.1) is 25.2 Å². The van der Waals surface area contributed by atoms with Crippen LogP contribution in [0.2, 0.25) is 0 Å². The largest absolute Gasteiger partial charge is 0.497 e.